The molecule has 21 heavy (non-hydrogen) atoms. The number of rotatable bonds is 9. The Bertz CT molecular complexity index is 395. The van der Waals surface area contributed by atoms with E-state index in [1.807, 2.05) is 30.3 Å². The fraction of sp³-hybridized carbons (Fsp3) is 0.684. The summed E-state index contributed by atoms with van der Waals surface area (Å²) in [6.07, 6.45) is 11.1. The smallest absolute Gasteiger partial charge is 0.119 e. The van der Waals surface area contributed by atoms with E-state index in [4.69, 9.17) is 4.74 Å². The monoisotopic (exact) mass is 287 g/mol. The molecule has 1 unspecified atom stereocenters. The molecule has 2 saturated carbocycles. The molecule has 2 aliphatic rings. The van der Waals surface area contributed by atoms with Crippen LogP contribution in [0.25, 0.3) is 0 Å². The Balaban J connectivity index is 1.38. The fourth-order valence-corrected chi connectivity index (χ4v) is 3.59. The molecule has 0 amide bonds. The minimum absolute atomic E-state index is 0.842. The number of benzene rings is 1. The maximum Gasteiger partial charge on any atom is 0.119 e. The topological polar surface area (TPSA) is 21.3 Å². The van der Waals surface area contributed by atoms with Gasteiger partial charge < -0.3 is 10.1 Å². The Kier molecular flexibility index (Phi) is 5.56. The minimum Gasteiger partial charge on any atom is -0.494 e. The van der Waals surface area contributed by atoms with Crippen LogP contribution in [-0.2, 0) is 0 Å². The van der Waals surface area contributed by atoms with E-state index in [2.05, 4.69) is 5.32 Å². The summed E-state index contributed by atoms with van der Waals surface area (Å²) in [7, 11) is 0. The lowest BCUT2D eigenvalue weighted by Crippen LogP contribution is -2.29. The zero-order valence-electron chi connectivity index (χ0n) is 13.1. The number of ether oxygens (including phenoxy) is 1. The predicted octanol–water partition coefficient (Wildman–Crippen LogP) is 4.40. The molecule has 0 saturated heterocycles. The van der Waals surface area contributed by atoms with Gasteiger partial charge in [0.2, 0.25) is 0 Å². The van der Waals surface area contributed by atoms with Crippen molar-refractivity contribution >= 4 is 0 Å². The van der Waals surface area contributed by atoms with Crippen LogP contribution in [0.15, 0.2) is 30.3 Å². The van der Waals surface area contributed by atoms with Crippen molar-refractivity contribution in [2.75, 3.05) is 13.2 Å². The third-order valence-corrected chi connectivity index (χ3v) is 5.04. The van der Waals surface area contributed by atoms with E-state index >= 15 is 0 Å². The van der Waals surface area contributed by atoms with E-state index in [0.29, 0.717) is 0 Å². The molecular weight excluding hydrogens is 258 g/mol. The molecule has 1 N–H and O–H groups in total. The lowest BCUT2D eigenvalue weighted by molar-refractivity contribution is 0.253. The zero-order chi connectivity index (χ0) is 14.3. The van der Waals surface area contributed by atoms with Gasteiger partial charge in [-0.05, 0) is 56.2 Å². The molecule has 0 aromatic heterocycles. The van der Waals surface area contributed by atoms with Crippen molar-refractivity contribution in [3.8, 4) is 5.75 Å². The molecule has 2 aliphatic carbocycles. The van der Waals surface area contributed by atoms with E-state index < -0.39 is 0 Å². The lowest BCUT2D eigenvalue weighted by atomic mass is 9.87. The highest BCUT2D eigenvalue weighted by atomic mass is 16.5. The Morgan fingerprint density at radius 3 is 2.52 bits per heavy atom. The molecule has 0 bridgehead atoms. The first-order chi connectivity index (χ1) is 10.4. The summed E-state index contributed by atoms with van der Waals surface area (Å²) in [5, 5.41) is 3.75. The van der Waals surface area contributed by atoms with E-state index in [0.717, 1.165) is 30.2 Å². The normalized spacial score (nSPS) is 20.6. The van der Waals surface area contributed by atoms with E-state index in [9.17, 15) is 0 Å². The SMILES string of the molecule is c1ccc(OCCCC(CNC2CC2)C2CCCC2)cc1. The van der Waals surface area contributed by atoms with Crippen LogP contribution in [0.1, 0.15) is 51.4 Å². The first kappa shape index (κ1) is 14.9. The lowest BCUT2D eigenvalue weighted by Gasteiger charge is -2.24. The van der Waals surface area contributed by atoms with Crippen LogP contribution in [0.2, 0.25) is 0 Å². The van der Waals surface area contributed by atoms with Crippen LogP contribution < -0.4 is 10.1 Å². The van der Waals surface area contributed by atoms with Crippen LogP contribution in [0.3, 0.4) is 0 Å². The average molecular weight is 287 g/mol. The van der Waals surface area contributed by atoms with Crippen LogP contribution in [-0.4, -0.2) is 19.2 Å². The van der Waals surface area contributed by atoms with Crippen molar-refractivity contribution in [1.29, 1.82) is 0 Å². The van der Waals surface area contributed by atoms with E-state index in [1.165, 1.54) is 57.9 Å². The van der Waals surface area contributed by atoms with Gasteiger partial charge in [-0.15, -0.1) is 0 Å². The third kappa shape index (κ3) is 5.03. The van der Waals surface area contributed by atoms with Gasteiger partial charge in [0.25, 0.3) is 0 Å². The Labute approximate surface area is 129 Å². The molecule has 2 fully saturated rings. The molecular formula is C19H29NO. The summed E-state index contributed by atoms with van der Waals surface area (Å²) in [5.41, 5.74) is 0. The van der Waals surface area contributed by atoms with Gasteiger partial charge in [0.15, 0.2) is 0 Å². The van der Waals surface area contributed by atoms with Crippen molar-refractivity contribution in [1.82, 2.24) is 5.32 Å². The number of nitrogens with one attached hydrogen (secondary N) is 1. The molecule has 116 valence electrons. The summed E-state index contributed by atoms with van der Waals surface area (Å²) in [4.78, 5) is 0. The number of hydrogen-bond donors (Lipinski definition) is 1. The average Bonchev–Trinajstić information content (AvgIpc) is 3.19. The summed E-state index contributed by atoms with van der Waals surface area (Å²) in [6, 6.07) is 11.0. The molecule has 1 aromatic rings. The van der Waals surface area contributed by atoms with Gasteiger partial charge in [-0.2, -0.15) is 0 Å². The highest BCUT2D eigenvalue weighted by Crippen LogP contribution is 2.34. The fourth-order valence-electron chi connectivity index (χ4n) is 3.59. The Morgan fingerprint density at radius 1 is 1.05 bits per heavy atom. The summed E-state index contributed by atoms with van der Waals surface area (Å²) < 4.78 is 5.84. The van der Waals surface area contributed by atoms with Gasteiger partial charge >= 0.3 is 0 Å². The Morgan fingerprint density at radius 2 is 1.81 bits per heavy atom. The van der Waals surface area contributed by atoms with Crippen molar-refractivity contribution in [3.05, 3.63) is 30.3 Å². The molecule has 3 rings (SSSR count). The highest BCUT2D eigenvalue weighted by Gasteiger charge is 2.27. The first-order valence-electron chi connectivity index (χ1n) is 8.83. The molecule has 0 heterocycles. The van der Waals surface area contributed by atoms with Crippen molar-refractivity contribution in [2.45, 2.75) is 57.4 Å². The molecule has 0 spiro atoms. The van der Waals surface area contributed by atoms with Crippen molar-refractivity contribution < 1.29 is 4.74 Å². The second-order valence-electron chi connectivity index (χ2n) is 6.79. The molecule has 1 aromatic carbocycles. The van der Waals surface area contributed by atoms with Gasteiger partial charge in [0.05, 0.1) is 6.61 Å². The molecule has 0 aliphatic heterocycles. The third-order valence-electron chi connectivity index (χ3n) is 5.04. The maximum atomic E-state index is 5.84. The Hall–Kier alpha value is -1.02. The minimum atomic E-state index is 0.842. The van der Waals surface area contributed by atoms with Crippen molar-refractivity contribution in [2.24, 2.45) is 11.8 Å². The first-order valence-corrected chi connectivity index (χ1v) is 8.83. The van der Waals surface area contributed by atoms with Gasteiger partial charge in [-0.3, -0.25) is 0 Å². The van der Waals surface area contributed by atoms with Crippen LogP contribution in [0.5, 0.6) is 5.75 Å². The summed E-state index contributed by atoms with van der Waals surface area (Å²) >= 11 is 0. The maximum absolute atomic E-state index is 5.84. The molecule has 0 radical (unpaired) electrons. The highest BCUT2D eigenvalue weighted by molar-refractivity contribution is 5.20. The van der Waals surface area contributed by atoms with Gasteiger partial charge in [-0.1, -0.05) is 43.9 Å². The second kappa shape index (κ2) is 7.84. The number of hydrogen-bond acceptors (Lipinski definition) is 2. The summed E-state index contributed by atoms with van der Waals surface area (Å²) in [5.74, 6) is 2.84. The number of para-hydroxylation sites is 1. The van der Waals surface area contributed by atoms with Crippen LogP contribution in [0, 0.1) is 11.8 Å². The van der Waals surface area contributed by atoms with Gasteiger partial charge in [0, 0.05) is 6.04 Å². The van der Waals surface area contributed by atoms with Gasteiger partial charge in [-0.25, -0.2) is 0 Å². The molecule has 2 nitrogen and oxygen atoms in total. The quantitative estimate of drug-likeness (QED) is 0.680. The molecule has 1 atom stereocenters. The van der Waals surface area contributed by atoms with E-state index in [-0.39, 0.29) is 0 Å². The van der Waals surface area contributed by atoms with Crippen LogP contribution in [0.4, 0.5) is 0 Å². The van der Waals surface area contributed by atoms with Gasteiger partial charge in [0.1, 0.15) is 5.75 Å². The predicted molar refractivity (Wildman–Crippen MR) is 87.6 cm³/mol. The second-order valence-corrected chi connectivity index (χ2v) is 6.79. The van der Waals surface area contributed by atoms with Crippen molar-refractivity contribution in [3.63, 3.8) is 0 Å². The largest absolute Gasteiger partial charge is 0.494 e. The van der Waals surface area contributed by atoms with E-state index in [1.54, 1.807) is 0 Å². The zero-order valence-corrected chi connectivity index (χ0v) is 13.1. The summed E-state index contributed by atoms with van der Waals surface area (Å²) in [6.45, 7) is 2.09. The standard InChI is InChI=1S/C19H29NO/c1-2-10-19(11-3-1)21-14-6-9-17(15-20-18-12-13-18)16-7-4-5-8-16/h1-3,10-11,16-18,20H,4-9,12-15H2. The molecule has 2 heteroatoms. The van der Waals surface area contributed by atoms with Crippen LogP contribution >= 0.6 is 0 Å².